The van der Waals surface area contributed by atoms with Gasteiger partial charge in [0.2, 0.25) is 0 Å². The van der Waals surface area contributed by atoms with Gasteiger partial charge in [-0.2, -0.15) is 0 Å². The van der Waals surface area contributed by atoms with Gasteiger partial charge in [0.05, 0.1) is 10.6 Å². The predicted octanol–water partition coefficient (Wildman–Crippen LogP) is 5.65. The van der Waals surface area contributed by atoms with E-state index in [1.54, 1.807) is 47.4 Å². The summed E-state index contributed by atoms with van der Waals surface area (Å²) in [5.74, 6) is -0.408. The van der Waals surface area contributed by atoms with Crippen molar-refractivity contribution in [1.82, 2.24) is 0 Å². The quantitative estimate of drug-likeness (QED) is 0.327. The molecule has 2 amide bonds. The molecular formula is C28H25N3O4S. The molecule has 0 spiro atoms. The lowest BCUT2D eigenvalue weighted by atomic mass is 10.0. The zero-order chi connectivity index (χ0) is 25.3. The smallest absolute Gasteiger partial charge is 0.261 e. The van der Waals surface area contributed by atoms with Crippen molar-refractivity contribution in [2.45, 2.75) is 24.7 Å². The van der Waals surface area contributed by atoms with Crippen LogP contribution in [0.5, 0.6) is 0 Å². The number of hydrogen-bond donors (Lipinski definition) is 2. The standard InChI is InChI=1S/C28H25N3O4S/c1-2-3-17-31-25-16-15-24(22-13-8-14-23(26(22)25)28(31)33)29-27(32)19-9-7-10-20(18-19)30-36(34,35)21-11-5-4-6-12-21/h4-16,18,30H,2-3,17H2,1H3,(H,29,32). The molecule has 1 aliphatic rings. The number of carbonyl (C=O) groups is 2. The second-order valence-corrected chi connectivity index (χ2v) is 10.3. The first-order valence-electron chi connectivity index (χ1n) is 11.8. The van der Waals surface area contributed by atoms with E-state index in [1.807, 2.05) is 24.3 Å². The summed E-state index contributed by atoms with van der Waals surface area (Å²) in [4.78, 5) is 28.0. The summed E-state index contributed by atoms with van der Waals surface area (Å²) >= 11 is 0. The SMILES string of the molecule is CCCCN1C(=O)c2cccc3c(NC(=O)c4cccc(NS(=O)(=O)c5ccccc5)c4)ccc1c23. The Morgan fingerprint density at radius 1 is 0.917 bits per heavy atom. The number of rotatable bonds is 8. The van der Waals surface area contributed by atoms with Crippen LogP contribution in [0.1, 0.15) is 40.5 Å². The van der Waals surface area contributed by atoms with Crippen molar-refractivity contribution in [2.24, 2.45) is 0 Å². The minimum absolute atomic E-state index is 0.0223. The molecule has 0 fully saturated rings. The zero-order valence-corrected chi connectivity index (χ0v) is 20.5. The number of hydrogen-bond acceptors (Lipinski definition) is 4. The molecular weight excluding hydrogens is 474 g/mol. The lowest BCUT2D eigenvalue weighted by Gasteiger charge is -2.18. The molecule has 0 radical (unpaired) electrons. The highest BCUT2D eigenvalue weighted by molar-refractivity contribution is 7.92. The van der Waals surface area contributed by atoms with E-state index < -0.39 is 10.0 Å². The van der Waals surface area contributed by atoms with Crippen molar-refractivity contribution in [3.63, 3.8) is 0 Å². The summed E-state index contributed by atoms with van der Waals surface area (Å²) in [6.07, 6.45) is 1.89. The highest BCUT2D eigenvalue weighted by Crippen LogP contribution is 2.40. The minimum Gasteiger partial charge on any atom is -0.321 e. The third kappa shape index (κ3) is 4.31. The number of carbonyl (C=O) groups excluding carboxylic acids is 2. The Kier molecular flexibility index (Phi) is 6.20. The van der Waals surface area contributed by atoms with Crippen LogP contribution in [-0.4, -0.2) is 26.8 Å². The van der Waals surface area contributed by atoms with Crippen molar-refractivity contribution in [3.05, 3.63) is 96.1 Å². The molecule has 2 N–H and O–H groups in total. The van der Waals surface area contributed by atoms with Crippen LogP contribution in [0.15, 0.2) is 89.8 Å². The molecule has 182 valence electrons. The average molecular weight is 500 g/mol. The number of sulfonamides is 1. The molecule has 4 aromatic carbocycles. The van der Waals surface area contributed by atoms with Gasteiger partial charge < -0.3 is 10.2 Å². The first kappa shape index (κ1) is 23.6. The Balaban J connectivity index is 1.41. The third-order valence-electron chi connectivity index (χ3n) is 6.20. The molecule has 0 atom stereocenters. The number of amides is 2. The summed E-state index contributed by atoms with van der Waals surface area (Å²) in [7, 11) is -3.78. The third-order valence-corrected chi connectivity index (χ3v) is 7.60. The van der Waals surface area contributed by atoms with Crippen molar-refractivity contribution < 1.29 is 18.0 Å². The molecule has 7 nitrogen and oxygen atoms in total. The highest BCUT2D eigenvalue weighted by Gasteiger charge is 2.30. The number of nitrogens with zero attached hydrogens (tertiary/aromatic N) is 1. The lowest BCUT2D eigenvalue weighted by Crippen LogP contribution is -2.27. The van der Waals surface area contributed by atoms with Crippen LogP contribution in [0.4, 0.5) is 17.1 Å². The van der Waals surface area contributed by atoms with Gasteiger partial charge in [0.1, 0.15) is 0 Å². The molecule has 0 bridgehead atoms. The van der Waals surface area contributed by atoms with E-state index in [1.165, 1.54) is 18.2 Å². The van der Waals surface area contributed by atoms with Crippen molar-refractivity contribution >= 4 is 49.7 Å². The van der Waals surface area contributed by atoms with Gasteiger partial charge in [-0.25, -0.2) is 8.42 Å². The van der Waals surface area contributed by atoms with Crippen LogP contribution in [0, 0.1) is 0 Å². The zero-order valence-electron chi connectivity index (χ0n) is 19.7. The van der Waals surface area contributed by atoms with E-state index in [4.69, 9.17) is 0 Å². The monoisotopic (exact) mass is 499 g/mol. The number of anilines is 3. The normalized spacial score (nSPS) is 12.7. The highest BCUT2D eigenvalue weighted by atomic mass is 32.2. The summed E-state index contributed by atoms with van der Waals surface area (Å²) < 4.78 is 27.9. The maximum atomic E-state index is 13.1. The van der Waals surface area contributed by atoms with Crippen LogP contribution in [0.25, 0.3) is 10.8 Å². The molecule has 8 heteroatoms. The van der Waals surface area contributed by atoms with E-state index in [0.717, 1.165) is 29.3 Å². The van der Waals surface area contributed by atoms with Gasteiger partial charge >= 0.3 is 0 Å². The molecule has 0 aliphatic carbocycles. The van der Waals surface area contributed by atoms with Gasteiger partial charge in [-0.1, -0.05) is 49.7 Å². The van der Waals surface area contributed by atoms with Crippen LogP contribution in [0.3, 0.4) is 0 Å². The number of nitrogens with one attached hydrogen (secondary N) is 2. The van der Waals surface area contributed by atoms with Gasteiger partial charge in [0.15, 0.2) is 0 Å². The van der Waals surface area contributed by atoms with E-state index in [2.05, 4.69) is 17.0 Å². The summed E-state index contributed by atoms with van der Waals surface area (Å²) in [5, 5.41) is 4.55. The summed E-state index contributed by atoms with van der Waals surface area (Å²) in [6.45, 7) is 2.74. The summed E-state index contributed by atoms with van der Waals surface area (Å²) in [5.41, 5.74) is 2.65. The second kappa shape index (κ2) is 9.47. The van der Waals surface area contributed by atoms with Crippen LogP contribution >= 0.6 is 0 Å². The first-order valence-corrected chi connectivity index (χ1v) is 13.2. The van der Waals surface area contributed by atoms with Crippen LogP contribution in [-0.2, 0) is 10.0 Å². The Hall–Kier alpha value is -4.17. The van der Waals surface area contributed by atoms with E-state index >= 15 is 0 Å². The predicted molar refractivity (Wildman–Crippen MR) is 142 cm³/mol. The van der Waals surface area contributed by atoms with E-state index in [9.17, 15) is 18.0 Å². The molecule has 0 aromatic heterocycles. The van der Waals surface area contributed by atoms with Gasteiger partial charge in [-0.15, -0.1) is 0 Å². The Labute approximate surface area is 209 Å². The fraction of sp³-hybridized carbons (Fsp3) is 0.143. The van der Waals surface area contributed by atoms with Gasteiger partial charge in [0.25, 0.3) is 21.8 Å². The fourth-order valence-corrected chi connectivity index (χ4v) is 5.50. The molecule has 1 aliphatic heterocycles. The molecule has 0 saturated carbocycles. The summed E-state index contributed by atoms with van der Waals surface area (Å²) in [6, 6.07) is 23.5. The van der Waals surface area contributed by atoms with E-state index in [0.29, 0.717) is 23.4 Å². The Bertz CT molecular complexity index is 1580. The van der Waals surface area contributed by atoms with Gasteiger partial charge in [-0.05, 0) is 55.0 Å². The number of benzene rings is 4. The van der Waals surface area contributed by atoms with Crippen molar-refractivity contribution in [3.8, 4) is 0 Å². The van der Waals surface area contributed by atoms with Crippen molar-refractivity contribution in [2.75, 3.05) is 21.5 Å². The lowest BCUT2D eigenvalue weighted by molar-refractivity contribution is 0.0991. The van der Waals surface area contributed by atoms with Crippen molar-refractivity contribution in [1.29, 1.82) is 0 Å². The number of unbranched alkanes of at least 4 members (excludes halogenated alkanes) is 1. The van der Waals surface area contributed by atoms with Crippen LogP contribution < -0.4 is 14.9 Å². The molecule has 5 rings (SSSR count). The Morgan fingerprint density at radius 2 is 1.69 bits per heavy atom. The maximum absolute atomic E-state index is 13.1. The molecule has 0 unspecified atom stereocenters. The fourth-order valence-electron chi connectivity index (χ4n) is 4.43. The molecule has 36 heavy (non-hydrogen) atoms. The molecule has 1 heterocycles. The molecule has 4 aromatic rings. The largest absolute Gasteiger partial charge is 0.321 e. The molecule has 0 saturated heterocycles. The minimum atomic E-state index is -3.78. The topological polar surface area (TPSA) is 95.6 Å². The second-order valence-electron chi connectivity index (χ2n) is 8.62. The first-order chi connectivity index (χ1) is 17.4. The van der Waals surface area contributed by atoms with Crippen LogP contribution in [0.2, 0.25) is 0 Å². The van der Waals surface area contributed by atoms with Gasteiger partial charge in [-0.3, -0.25) is 14.3 Å². The average Bonchev–Trinajstić information content (AvgIpc) is 3.16. The maximum Gasteiger partial charge on any atom is 0.261 e. The Morgan fingerprint density at radius 3 is 2.47 bits per heavy atom. The van der Waals surface area contributed by atoms with Gasteiger partial charge in [0, 0.05) is 39.8 Å². The van der Waals surface area contributed by atoms with E-state index in [-0.39, 0.29) is 22.4 Å².